The van der Waals surface area contributed by atoms with Gasteiger partial charge in [-0.15, -0.1) is 0 Å². The van der Waals surface area contributed by atoms with Gasteiger partial charge >= 0.3 is 0 Å². The summed E-state index contributed by atoms with van der Waals surface area (Å²) in [6.07, 6.45) is 3.38. The molecule has 1 heterocycles. The van der Waals surface area contributed by atoms with Crippen molar-refractivity contribution in [3.63, 3.8) is 0 Å². The Hall–Kier alpha value is -1.44. The number of rotatable bonds is 2. The van der Waals surface area contributed by atoms with Gasteiger partial charge in [0, 0.05) is 18.7 Å². The average molecular weight is 149 g/mol. The molecular formula is C9H11NO. The summed E-state index contributed by atoms with van der Waals surface area (Å²) < 4.78 is 1.66. The van der Waals surface area contributed by atoms with Crippen LogP contribution in [-0.4, -0.2) is 9.67 Å². The summed E-state index contributed by atoms with van der Waals surface area (Å²) in [7, 11) is 1.78. The van der Waals surface area contributed by atoms with Crippen LogP contribution in [0.2, 0.25) is 0 Å². The summed E-state index contributed by atoms with van der Waals surface area (Å²) in [6, 6.07) is 1.66. The van der Waals surface area contributed by atoms with Gasteiger partial charge in [0.1, 0.15) is 0 Å². The highest BCUT2D eigenvalue weighted by atomic mass is 16.3. The lowest BCUT2D eigenvalue weighted by Gasteiger charge is -1.97. The summed E-state index contributed by atoms with van der Waals surface area (Å²) >= 11 is 0. The second-order valence-corrected chi connectivity index (χ2v) is 2.31. The molecule has 0 unspecified atom stereocenters. The van der Waals surface area contributed by atoms with Gasteiger partial charge in [-0.1, -0.05) is 19.2 Å². The van der Waals surface area contributed by atoms with Crippen LogP contribution in [0.3, 0.4) is 0 Å². The average Bonchev–Trinajstić information content (AvgIpc) is 2.28. The highest BCUT2D eigenvalue weighted by Crippen LogP contribution is 2.21. The molecule has 2 heteroatoms. The molecule has 0 amide bonds. The fourth-order valence-electron chi connectivity index (χ4n) is 1.05. The molecule has 11 heavy (non-hydrogen) atoms. The number of hydrogen-bond acceptors (Lipinski definition) is 1. The molecule has 0 spiro atoms. The summed E-state index contributed by atoms with van der Waals surface area (Å²) in [6.45, 7) is 7.26. The van der Waals surface area contributed by atoms with Crippen LogP contribution in [0.25, 0.3) is 12.2 Å². The molecule has 58 valence electrons. The zero-order valence-corrected chi connectivity index (χ0v) is 6.54. The van der Waals surface area contributed by atoms with Crippen molar-refractivity contribution in [3.05, 3.63) is 30.5 Å². The quantitative estimate of drug-likeness (QED) is 0.683. The monoisotopic (exact) mass is 149 g/mol. The third kappa shape index (κ3) is 1.07. The van der Waals surface area contributed by atoms with Crippen molar-refractivity contribution in [2.45, 2.75) is 0 Å². The van der Waals surface area contributed by atoms with Gasteiger partial charge in [0.2, 0.25) is 0 Å². The molecule has 0 bridgehead atoms. The smallest absolute Gasteiger partial charge is 0.191 e. The standard InChI is InChI=1S/C9H11NO/c1-4-7-6-9(11)10(3)8(7)5-2/h4-6,11H,1-2H2,3H3. The lowest BCUT2D eigenvalue weighted by molar-refractivity contribution is 0.431. The number of aromatic hydroxyl groups is 1. The van der Waals surface area contributed by atoms with Gasteiger partial charge in [0.15, 0.2) is 5.88 Å². The molecule has 0 aliphatic heterocycles. The Morgan fingerprint density at radius 1 is 1.45 bits per heavy atom. The Bertz CT molecular complexity index is 297. The lowest BCUT2D eigenvalue weighted by atomic mass is 10.2. The Kier molecular flexibility index (Phi) is 1.85. The first kappa shape index (κ1) is 7.66. The minimum Gasteiger partial charge on any atom is -0.494 e. The van der Waals surface area contributed by atoms with Crippen LogP contribution in [0, 0.1) is 0 Å². The SMILES string of the molecule is C=Cc1cc(O)n(C)c1C=C. The Morgan fingerprint density at radius 3 is 2.45 bits per heavy atom. The van der Waals surface area contributed by atoms with Crippen LogP contribution in [0.15, 0.2) is 19.2 Å². The molecule has 1 aromatic rings. The first-order valence-electron chi connectivity index (χ1n) is 3.34. The third-order valence-electron chi connectivity index (χ3n) is 1.70. The van der Waals surface area contributed by atoms with Crippen LogP contribution in [0.4, 0.5) is 0 Å². The summed E-state index contributed by atoms with van der Waals surface area (Å²) in [5.74, 6) is 0.231. The highest BCUT2D eigenvalue weighted by Gasteiger charge is 2.04. The van der Waals surface area contributed by atoms with Crippen LogP contribution >= 0.6 is 0 Å². The number of hydrogen-bond donors (Lipinski definition) is 1. The van der Waals surface area contributed by atoms with Crippen LogP contribution in [0.1, 0.15) is 11.3 Å². The normalized spacial score (nSPS) is 9.55. The maximum absolute atomic E-state index is 9.25. The predicted octanol–water partition coefficient (Wildman–Crippen LogP) is 2.02. The van der Waals surface area contributed by atoms with Crippen molar-refractivity contribution >= 4 is 12.2 Å². The van der Waals surface area contributed by atoms with E-state index in [9.17, 15) is 5.11 Å². The van der Waals surface area contributed by atoms with E-state index in [0.29, 0.717) is 0 Å². The predicted molar refractivity (Wildman–Crippen MR) is 47.3 cm³/mol. The van der Waals surface area contributed by atoms with Crippen molar-refractivity contribution in [1.29, 1.82) is 0 Å². The molecule has 1 N–H and O–H groups in total. The second-order valence-electron chi connectivity index (χ2n) is 2.31. The van der Waals surface area contributed by atoms with E-state index < -0.39 is 0 Å². The number of nitrogens with zero attached hydrogens (tertiary/aromatic N) is 1. The van der Waals surface area contributed by atoms with Crippen molar-refractivity contribution in [2.75, 3.05) is 0 Å². The molecule has 0 aliphatic carbocycles. The van der Waals surface area contributed by atoms with Gasteiger partial charge in [-0.2, -0.15) is 0 Å². The van der Waals surface area contributed by atoms with Crippen LogP contribution in [0.5, 0.6) is 5.88 Å². The molecule has 1 rings (SSSR count). The van der Waals surface area contributed by atoms with E-state index in [0.717, 1.165) is 11.3 Å². The van der Waals surface area contributed by atoms with Gasteiger partial charge in [-0.05, 0) is 6.08 Å². The first-order valence-corrected chi connectivity index (χ1v) is 3.34. The van der Waals surface area contributed by atoms with Crippen molar-refractivity contribution in [2.24, 2.45) is 7.05 Å². The topological polar surface area (TPSA) is 25.2 Å². The molecule has 0 saturated heterocycles. The van der Waals surface area contributed by atoms with E-state index in [2.05, 4.69) is 13.2 Å². The summed E-state index contributed by atoms with van der Waals surface area (Å²) in [4.78, 5) is 0. The van der Waals surface area contributed by atoms with Gasteiger partial charge in [-0.25, -0.2) is 0 Å². The van der Waals surface area contributed by atoms with Gasteiger partial charge < -0.3 is 9.67 Å². The van der Waals surface area contributed by atoms with E-state index in [1.165, 1.54) is 0 Å². The molecule has 0 radical (unpaired) electrons. The second kappa shape index (κ2) is 2.66. The minimum absolute atomic E-state index is 0.231. The summed E-state index contributed by atoms with van der Waals surface area (Å²) in [5, 5.41) is 9.25. The van der Waals surface area contributed by atoms with Gasteiger partial charge in [0.25, 0.3) is 0 Å². The third-order valence-corrected chi connectivity index (χ3v) is 1.70. The van der Waals surface area contributed by atoms with E-state index in [-0.39, 0.29) is 5.88 Å². The van der Waals surface area contributed by atoms with E-state index in [4.69, 9.17) is 0 Å². The number of aromatic nitrogens is 1. The van der Waals surface area contributed by atoms with Crippen molar-refractivity contribution in [3.8, 4) is 5.88 Å². The fraction of sp³-hybridized carbons (Fsp3) is 0.111. The first-order chi connectivity index (χ1) is 5.20. The maximum Gasteiger partial charge on any atom is 0.191 e. The van der Waals surface area contributed by atoms with E-state index in [1.54, 1.807) is 29.8 Å². The van der Waals surface area contributed by atoms with Crippen molar-refractivity contribution < 1.29 is 5.11 Å². The molecule has 0 saturated carbocycles. The van der Waals surface area contributed by atoms with Crippen LogP contribution < -0.4 is 0 Å². The molecule has 0 aliphatic rings. The fourth-order valence-corrected chi connectivity index (χ4v) is 1.05. The summed E-state index contributed by atoms with van der Waals surface area (Å²) in [5.41, 5.74) is 1.79. The van der Waals surface area contributed by atoms with Crippen molar-refractivity contribution in [1.82, 2.24) is 4.57 Å². The molecular weight excluding hydrogens is 138 g/mol. The minimum atomic E-state index is 0.231. The molecule has 0 aromatic carbocycles. The molecule has 2 nitrogen and oxygen atoms in total. The molecule has 1 aromatic heterocycles. The zero-order chi connectivity index (χ0) is 8.43. The van der Waals surface area contributed by atoms with Gasteiger partial charge in [-0.3, -0.25) is 0 Å². The maximum atomic E-state index is 9.25. The largest absolute Gasteiger partial charge is 0.494 e. The van der Waals surface area contributed by atoms with E-state index >= 15 is 0 Å². The molecule has 0 fully saturated rings. The van der Waals surface area contributed by atoms with Gasteiger partial charge in [0.05, 0.1) is 5.69 Å². The Labute approximate surface area is 66.1 Å². The Balaban J connectivity index is 3.37. The molecule has 0 atom stereocenters. The zero-order valence-electron chi connectivity index (χ0n) is 6.54. The van der Waals surface area contributed by atoms with Crippen LogP contribution in [-0.2, 0) is 7.05 Å². The Morgan fingerprint density at radius 2 is 2.09 bits per heavy atom. The highest BCUT2D eigenvalue weighted by molar-refractivity contribution is 5.63. The van der Waals surface area contributed by atoms with E-state index in [1.807, 2.05) is 0 Å². The lowest BCUT2D eigenvalue weighted by Crippen LogP contribution is -1.89.